The van der Waals surface area contributed by atoms with Crippen LogP contribution in [0.1, 0.15) is 59.3 Å². The van der Waals surface area contributed by atoms with Gasteiger partial charge < -0.3 is 9.47 Å². The Balaban J connectivity index is 1.94. The molecule has 158 valence electrons. The molecular weight excluding hydrogens is 374 g/mol. The van der Waals surface area contributed by atoms with Crippen molar-refractivity contribution in [3.05, 3.63) is 0 Å². The third-order valence-electron chi connectivity index (χ3n) is 7.43. The molecule has 0 spiro atoms. The Kier molecular flexibility index (Phi) is 5.33. The molecule has 0 aromatic rings. The molecule has 1 heterocycles. The first kappa shape index (κ1) is 21.2. The lowest BCUT2D eigenvalue weighted by molar-refractivity contribution is -0.419. The molecule has 6 unspecified atom stereocenters. The highest BCUT2D eigenvalue weighted by atomic mass is 19.4. The molecule has 0 aromatic heterocycles. The smallest absolute Gasteiger partial charge is 0.353 e. The summed E-state index contributed by atoms with van der Waals surface area (Å²) in [6.07, 6.45) is -11.5. The molecule has 0 radical (unpaired) electrons. The minimum atomic E-state index is -5.56. The van der Waals surface area contributed by atoms with Gasteiger partial charge in [0.15, 0.2) is 6.29 Å². The number of ether oxygens (including phenoxy) is 2. The van der Waals surface area contributed by atoms with Crippen molar-refractivity contribution in [1.29, 1.82) is 0 Å². The van der Waals surface area contributed by atoms with E-state index in [-0.39, 0.29) is 30.8 Å². The number of halogens is 6. The third-order valence-corrected chi connectivity index (χ3v) is 7.43. The monoisotopic (exact) mass is 402 g/mol. The van der Waals surface area contributed by atoms with E-state index in [2.05, 4.69) is 0 Å². The summed E-state index contributed by atoms with van der Waals surface area (Å²) in [4.78, 5) is 0. The van der Waals surface area contributed by atoms with Gasteiger partial charge >= 0.3 is 12.4 Å². The van der Waals surface area contributed by atoms with Crippen molar-refractivity contribution in [2.75, 3.05) is 6.61 Å². The van der Waals surface area contributed by atoms with E-state index in [1.807, 2.05) is 13.8 Å². The zero-order chi connectivity index (χ0) is 20.3. The minimum Gasteiger partial charge on any atom is -0.353 e. The van der Waals surface area contributed by atoms with Crippen molar-refractivity contribution >= 4 is 0 Å². The van der Waals surface area contributed by atoms with Crippen molar-refractivity contribution in [2.45, 2.75) is 83.5 Å². The number of hydrogen-bond donors (Lipinski definition) is 0. The molecule has 2 saturated carbocycles. The maximum absolute atomic E-state index is 14.0. The van der Waals surface area contributed by atoms with Gasteiger partial charge in [-0.15, -0.1) is 0 Å². The van der Waals surface area contributed by atoms with Gasteiger partial charge in [0.1, 0.15) is 0 Å². The summed E-state index contributed by atoms with van der Waals surface area (Å²) < 4.78 is 93.7. The normalized spacial score (nSPS) is 40.6. The fraction of sp³-hybridized carbons (Fsp3) is 1.00. The maximum atomic E-state index is 14.0. The van der Waals surface area contributed by atoms with E-state index >= 15 is 0 Å². The molecule has 0 amide bonds. The standard InChI is InChI=1S/C19H28F6O2/c1-11-12(2)14-8-13(11)9-16(14,3)10-17(18(20,21)22,19(23,24)25)27-15-6-4-5-7-26-15/h11-15H,4-10H2,1-3H3. The Morgan fingerprint density at radius 1 is 1.00 bits per heavy atom. The molecule has 27 heavy (non-hydrogen) atoms. The highest BCUT2D eigenvalue weighted by Crippen LogP contribution is 2.66. The third kappa shape index (κ3) is 3.49. The highest BCUT2D eigenvalue weighted by Gasteiger charge is 2.75. The molecule has 3 fully saturated rings. The molecule has 2 bridgehead atoms. The second-order valence-corrected chi connectivity index (χ2v) is 9.09. The van der Waals surface area contributed by atoms with Crippen molar-refractivity contribution in [3.63, 3.8) is 0 Å². The molecule has 0 aromatic carbocycles. The van der Waals surface area contributed by atoms with Crippen molar-refractivity contribution in [2.24, 2.45) is 29.1 Å². The van der Waals surface area contributed by atoms with Gasteiger partial charge in [-0.3, -0.25) is 0 Å². The first-order chi connectivity index (χ1) is 12.3. The van der Waals surface area contributed by atoms with Crippen LogP contribution in [0, 0.1) is 29.1 Å². The van der Waals surface area contributed by atoms with E-state index in [0.717, 1.165) is 0 Å². The summed E-state index contributed by atoms with van der Waals surface area (Å²) in [5.41, 5.74) is -5.25. The molecule has 1 aliphatic heterocycles. The second-order valence-electron chi connectivity index (χ2n) is 9.09. The molecular formula is C19H28F6O2. The lowest BCUT2D eigenvalue weighted by Crippen LogP contribution is -2.63. The number of alkyl halides is 6. The van der Waals surface area contributed by atoms with Crippen LogP contribution in [0.5, 0.6) is 0 Å². The molecule has 6 atom stereocenters. The number of fused-ring (bicyclic) bond motifs is 2. The summed E-state index contributed by atoms with van der Waals surface area (Å²) in [6, 6.07) is 0. The minimum absolute atomic E-state index is 0.0457. The van der Waals surface area contributed by atoms with Crippen LogP contribution in [0.15, 0.2) is 0 Å². The molecule has 3 rings (SSSR count). The van der Waals surface area contributed by atoms with Crippen molar-refractivity contribution < 1.29 is 35.8 Å². The van der Waals surface area contributed by atoms with Gasteiger partial charge in [0.05, 0.1) is 0 Å². The lowest BCUT2D eigenvalue weighted by Gasteiger charge is -2.48. The van der Waals surface area contributed by atoms with Gasteiger partial charge in [0, 0.05) is 13.0 Å². The van der Waals surface area contributed by atoms with Crippen LogP contribution in [-0.2, 0) is 9.47 Å². The largest absolute Gasteiger partial charge is 0.426 e. The van der Waals surface area contributed by atoms with Crippen molar-refractivity contribution in [3.8, 4) is 0 Å². The van der Waals surface area contributed by atoms with E-state index in [9.17, 15) is 26.3 Å². The average molecular weight is 402 g/mol. The van der Waals surface area contributed by atoms with Gasteiger partial charge in [0.2, 0.25) is 0 Å². The van der Waals surface area contributed by atoms with E-state index in [1.54, 1.807) is 6.92 Å². The predicted octanol–water partition coefficient (Wildman–Crippen LogP) is 6.10. The predicted molar refractivity (Wildman–Crippen MR) is 86.8 cm³/mol. The molecule has 3 aliphatic rings. The first-order valence-corrected chi connectivity index (χ1v) is 9.74. The Bertz CT molecular complexity index is 523. The fourth-order valence-electron chi connectivity index (χ4n) is 5.83. The Morgan fingerprint density at radius 2 is 1.63 bits per heavy atom. The van der Waals surface area contributed by atoms with Gasteiger partial charge in [-0.2, -0.15) is 26.3 Å². The maximum Gasteiger partial charge on any atom is 0.426 e. The highest BCUT2D eigenvalue weighted by molar-refractivity contribution is 5.09. The van der Waals surface area contributed by atoms with Gasteiger partial charge in [-0.05, 0) is 61.2 Å². The summed E-state index contributed by atoms with van der Waals surface area (Å²) in [5.74, 6) is 0.466. The number of rotatable bonds is 4. The lowest BCUT2D eigenvalue weighted by atomic mass is 9.62. The quantitative estimate of drug-likeness (QED) is 0.529. The summed E-state index contributed by atoms with van der Waals surface area (Å²) >= 11 is 0. The average Bonchev–Trinajstić information content (AvgIpc) is 3.01. The van der Waals surface area contributed by atoms with E-state index < -0.39 is 36.1 Å². The van der Waals surface area contributed by atoms with Crippen LogP contribution in [0.4, 0.5) is 26.3 Å². The Morgan fingerprint density at radius 3 is 2.07 bits per heavy atom. The summed E-state index contributed by atoms with van der Waals surface area (Å²) in [5, 5.41) is 0. The van der Waals surface area contributed by atoms with Crippen molar-refractivity contribution in [1.82, 2.24) is 0 Å². The number of hydrogen-bond acceptors (Lipinski definition) is 2. The topological polar surface area (TPSA) is 18.5 Å². The zero-order valence-corrected chi connectivity index (χ0v) is 15.9. The molecule has 2 aliphatic carbocycles. The molecule has 0 N–H and O–H groups in total. The van der Waals surface area contributed by atoms with Gasteiger partial charge in [0.25, 0.3) is 5.60 Å². The van der Waals surface area contributed by atoms with Crippen LogP contribution in [-0.4, -0.2) is 30.9 Å². The van der Waals surface area contributed by atoms with Gasteiger partial charge in [-0.1, -0.05) is 20.8 Å². The van der Waals surface area contributed by atoms with E-state index in [4.69, 9.17) is 9.47 Å². The summed E-state index contributed by atoms with van der Waals surface area (Å²) in [7, 11) is 0. The molecule has 1 saturated heterocycles. The van der Waals surface area contributed by atoms with E-state index in [1.165, 1.54) is 0 Å². The van der Waals surface area contributed by atoms with E-state index in [0.29, 0.717) is 31.6 Å². The van der Waals surface area contributed by atoms with Crippen LogP contribution in [0.25, 0.3) is 0 Å². The van der Waals surface area contributed by atoms with Gasteiger partial charge in [-0.25, -0.2) is 0 Å². The second kappa shape index (κ2) is 6.78. The van der Waals surface area contributed by atoms with Crippen LogP contribution >= 0.6 is 0 Å². The Hall–Kier alpha value is -0.500. The SMILES string of the molecule is CC1C2CC(C1C)C(C)(CC(OC1CCCCO1)(C(F)(F)F)C(F)(F)F)C2. The van der Waals surface area contributed by atoms with Crippen LogP contribution in [0.3, 0.4) is 0 Å². The fourth-order valence-corrected chi connectivity index (χ4v) is 5.83. The molecule has 2 nitrogen and oxygen atoms in total. The Labute approximate surface area is 156 Å². The van der Waals surface area contributed by atoms with Crippen LogP contribution in [0.2, 0.25) is 0 Å². The van der Waals surface area contributed by atoms with Crippen LogP contribution < -0.4 is 0 Å². The first-order valence-electron chi connectivity index (χ1n) is 9.74. The zero-order valence-electron chi connectivity index (χ0n) is 15.9. The molecule has 8 heteroatoms. The summed E-state index contributed by atoms with van der Waals surface area (Å²) in [6.45, 7) is 5.69.